The number of halogens is 1. The molecule has 0 atom stereocenters. The third-order valence-corrected chi connectivity index (χ3v) is 4.85. The van der Waals surface area contributed by atoms with Gasteiger partial charge in [0, 0.05) is 29.2 Å². The first kappa shape index (κ1) is 14.0. The molecule has 20 heavy (non-hydrogen) atoms. The van der Waals surface area contributed by atoms with E-state index in [4.69, 9.17) is 0 Å². The summed E-state index contributed by atoms with van der Waals surface area (Å²) < 4.78 is 1.10. The fourth-order valence-corrected chi connectivity index (χ4v) is 3.34. The van der Waals surface area contributed by atoms with Gasteiger partial charge in [0.05, 0.1) is 5.52 Å². The van der Waals surface area contributed by atoms with Crippen LogP contribution in [0.3, 0.4) is 0 Å². The van der Waals surface area contributed by atoms with Gasteiger partial charge < -0.3 is 5.11 Å². The van der Waals surface area contributed by atoms with Gasteiger partial charge in [-0.15, -0.1) is 0 Å². The van der Waals surface area contributed by atoms with Crippen molar-refractivity contribution in [3.8, 4) is 0 Å². The molecule has 1 aliphatic heterocycles. The molecule has 4 heteroatoms. The van der Waals surface area contributed by atoms with Crippen molar-refractivity contribution in [3.05, 3.63) is 40.5 Å². The van der Waals surface area contributed by atoms with Crippen LogP contribution in [0.5, 0.6) is 0 Å². The molecule has 0 amide bonds. The fraction of sp³-hybridized carbons (Fsp3) is 0.438. The quantitative estimate of drug-likeness (QED) is 0.936. The average Bonchev–Trinajstić information content (AvgIpc) is 2.51. The molecule has 0 saturated carbocycles. The molecule has 0 unspecified atom stereocenters. The molecule has 1 fully saturated rings. The molecule has 0 spiro atoms. The van der Waals surface area contributed by atoms with Gasteiger partial charge in [0.1, 0.15) is 0 Å². The molecule has 2 aromatic rings. The molecule has 106 valence electrons. The van der Waals surface area contributed by atoms with E-state index in [2.05, 4.69) is 44.0 Å². The number of nitrogens with zero attached hydrogens (tertiary/aromatic N) is 2. The number of piperidine rings is 1. The molecule has 0 aliphatic carbocycles. The number of aliphatic hydroxyl groups excluding tert-OH is 1. The van der Waals surface area contributed by atoms with Gasteiger partial charge in [0.2, 0.25) is 0 Å². The first-order chi connectivity index (χ1) is 9.78. The second kappa shape index (κ2) is 6.20. The van der Waals surface area contributed by atoms with Gasteiger partial charge in [-0.2, -0.15) is 0 Å². The largest absolute Gasteiger partial charge is 0.396 e. The minimum atomic E-state index is 0.330. The molecule has 1 N–H and O–H groups in total. The molecule has 1 aromatic heterocycles. The van der Waals surface area contributed by atoms with Crippen LogP contribution in [0.1, 0.15) is 18.4 Å². The Labute approximate surface area is 127 Å². The first-order valence-corrected chi connectivity index (χ1v) is 7.92. The highest BCUT2D eigenvalue weighted by Gasteiger charge is 2.19. The van der Waals surface area contributed by atoms with Crippen LogP contribution in [0.4, 0.5) is 0 Å². The Morgan fingerprint density at radius 3 is 2.80 bits per heavy atom. The summed E-state index contributed by atoms with van der Waals surface area (Å²) in [6, 6.07) is 8.36. The summed E-state index contributed by atoms with van der Waals surface area (Å²) in [7, 11) is 0. The molecular weight excluding hydrogens is 316 g/mol. The average molecular weight is 335 g/mol. The summed E-state index contributed by atoms with van der Waals surface area (Å²) in [4.78, 5) is 7.00. The van der Waals surface area contributed by atoms with Gasteiger partial charge in [0.15, 0.2) is 0 Å². The van der Waals surface area contributed by atoms with E-state index in [1.165, 1.54) is 10.9 Å². The van der Waals surface area contributed by atoms with Gasteiger partial charge >= 0.3 is 0 Å². The summed E-state index contributed by atoms with van der Waals surface area (Å²) in [5.74, 6) is 0.492. The predicted octanol–water partition coefficient (Wildman–Crippen LogP) is 3.20. The molecule has 1 saturated heterocycles. The molecule has 1 aliphatic rings. The van der Waals surface area contributed by atoms with Crippen LogP contribution in [0.2, 0.25) is 0 Å². The lowest BCUT2D eigenvalue weighted by Crippen LogP contribution is -2.34. The third-order valence-electron chi connectivity index (χ3n) is 4.16. The van der Waals surface area contributed by atoms with Crippen LogP contribution < -0.4 is 0 Å². The van der Waals surface area contributed by atoms with E-state index < -0.39 is 0 Å². The van der Waals surface area contributed by atoms with E-state index in [1.54, 1.807) is 0 Å². The lowest BCUT2D eigenvalue weighted by Gasteiger charge is -2.31. The van der Waals surface area contributed by atoms with Crippen molar-refractivity contribution in [3.63, 3.8) is 0 Å². The first-order valence-electron chi connectivity index (χ1n) is 7.13. The van der Waals surface area contributed by atoms with Gasteiger partial charge in [0.25, 0.3) is 0 Å². The molecule has 2 heterocycles. The Balaban J connectivity index is 1.80. The SMILES string of the molecule is OCC1CCN(Cc2ccc(Br)c3cccnc23)CC1. The monoisotopic (exact) mass is 334 g/mol. The summed E-state index contributed by atoms with van der Waals surface area (Å²) in [6.07, 6.45) is 4.05. The Morgan fingerprint density at radius 1 is 1.25 bits per heavy atom. The summed E-state index contributed by atoms with van der Waals surface area (Å²) in [5.41, 5.74) is 2.37. The van der Waals surface area contributed by atoms with Crippen LogP contribution in [0.15, 0.2) is 34.9 Å². The zero-order valence-corrected chi connectivity index (χ0v) is 13.0. The minimum absolute atomic E-state index is 0.330. The number of aromatic nitrogens is 1. The van der Waals surface area contributed by atoms with Crippen molar-refractivity contribution < 1.29 is 5.11 Å². The maximum Gasteiger partial charge on any atom is 0.0758 e. The predicted molar refractivity (Wildman–Crippen MR) is 84.5 cm³/mol. The van der Waals surface area contributed by atoms with E-state index in [1.807, 2.05) is 12.3 Å². The van der Waals surface area contributed by atoms with E-state index in [9.17, 15) is 5.11 Å². The number of benzene rings is 1. The Morgan fingerprint density at radius 2 is 2.05 bits per heavy atom. The lowest BCUT2D eigenvalue weighted by molar-refractivity contribution is 0.127. The standard InChI is InChI=1S/C16H19BrN2O/c17-15-4-3-13(16-14(15)2-1-7-18-16)10-19-8-5-12(11-20)6-9-19/h1-4,7,12,20H,5-6,8-11H2. The van der Waals surface area contributed by atoms with Gasteiger partial charge in [-0.3, -0.25) is 9.88 Å². The van der Waals surface area contributed by atoms with Crippen molar-refractivity contribution >= 4 is 26.8 Å². The highest BCUT2D eigenvalue weighted by molar-refractivity contribution is 9.10. The molecule has 0 radical (unpaired) electrons. The third kappa shape index (κ3) is 2.87. The number of hydrogen-bond acceptors (Lipinski definition) is 3. The molecular formula is C16H19BrN2O. The maximum atomic E-state index is 9.21. The Bertz CT molecular complexity index is 594. The van der Waals surface area contributed by atoms with Gasteiger partial charge in [-0.05, 0) is 49.5 Å². The molecule has 1 aromatic carbocycles. The lowest BCUT2D eigenvalue weighted by atomic mass is 9.97. The van der Waals surface area contributed by atoms with Crippen molar-refractivity contribution in [1.29, 1.82) is 0 Å². The molecule has 3 rings (SSSR count). The van der Waals surface area contributed by atoms with Crippen LogP contribution in [-0.2, 0) is 6.54 Å². The smallest absolute Gasteiger partial charge is 0.0758 e. The number of pyridine rings is 1. The van der Waals surface area contributed by atoms with Crippen LogP contribution >= 0.6 is 15.9 Å². The number of likely N-dealkylation sites (tertiary alicyclic amines) is 1. The van der Waals surface area contributed by atoms with Gasteiger partial charge in [-0.25, -0.2) is 0 Å². The number of fused-ring (bicyclic) bond motifs is 1. The fourth-order valence-electron chi connectivity index (χ4n) is 2.89. The van der Waals surface area contributed by atoms with Crippen LogP contribution in [0, 0.1) is 5.92 Å². The second-order valence-electron chi connectivity index (χ2n) is 5.51. The second-order valence-corrected chi connectivity index (χ2v) is 6.36. The number of hydrogen-bond donors (Lipinski definition) is 1. The van der Waals surface area contributed by atoms with Crippen molar-refractivity contribution in [2.75, 3.05) is 19.7 Å². The van der Waals surface area contributed by atoms with Crippen LogP contribution in [-0.4, -0.2) is 34.7 Å². The molecule has 0 bridgehead atoms. The van der Waals surface area contributed by atoms with E-state index in [0.29, 0.717) is 12.5 Å². The Kier molecular flexibility index (Phi) is 4.34. The highest BCUT2D eigenvalue weighted by Crippen LogP contribution is 2.27. The zero-order valence-electron chi connectivity index (χ0n) is 11.4. The normalized spacial score (nSPS) is 17.7. The number of aliphatic hydroxyl groups is 1. The highest BCUT2D eigenvalue weighted by atomic mass is 79.9. The van der Waals surface area contributed by atoms with Gasteiger partial charge in [-0.1, -0.05) is 28.1 Å². The summed E-state index contributed by atoms with van der Waals surface area (Å²) in [6.45, 7) is 3.40. The van der Waals surface area contributed by atoms with E-state index in [-0.39, 0.29) is 0 Å². The van der Waals surface area contributed by atoms with Crippen molar-refractivity contribution in [2.45, 2.75) is 19.4 Å². The minimum Gasteiger partial charge on any atom is -0.396 e. The maximum absolute atomic E-state index is 9.21. The number of rotatable bonds is 3. The van der Waals surface area contributed by atoms with E-state index in [0.717, 1.165) is 42.5 Å². The molecule has 3 nitrogen and oxygen atoms in total. The van der Waals surface area contributed by atoms with E-state index >= 15 is 0 Å². The zero-order chi connectivity index (χ0) is 13.9. The van der Waals surface area contributed by atoms with Crippen LogP contribution in [0.25, 0.3) is 10.9 Å². The summed E-state index contributed by atoms with van der Waals surface area (Å²) in [5, 5.41) is 10.4. The topological polar surface area (TPSA) is 36.4 Å². The van der Waals surface area contributed by atoms with Crippen molar-refractivity contribution in [1.82, 2.24) is 9.88 Å². The van der Waals surface area contributed by atoms with Crippen molar-refractivity contribution in [2.24, 2.45) is 5.92 Å². The Hall–Kier alpha value is -0.970. The summed E-state index contributed by atoms with van der Waals surface area (Å²) >= 11 is 3.59.